The molecule has 0 saturated carbocycles. The number of rotatable bonds is 12. The van der Waals surface area contributed by atoms with Gasteiger partial charge in [-0.15, -0.1) is 0 Å². The summed E-state index contributed by atoms with van der Waals surface area (Å²) in [5.41, 5.74) is 24.9. The van der Waals surface area contributed by atoms with Crippen LogP contribution in [0, 0.1) is 0 Å². The highest BCUT2D eigenvalue weighted by Crippen LogP contribution is 2.55. The van der Waals surface area contributed by atoms with Gasteiger partial charge < -0.3 is 19.6 Å². The number of nitrogens with zero attached hydrogens (tertiary/aromatic N) is 4. The van der Waals surface area contributed by atoms with Gasteiger partial charge in [-0.2, -0.15) is 0 Å². The van der Waals surface area contributed by atoms with Crippen LogP contribution in [0.5, 0.6) is 0 Å². The zero-order valence-corrected chi connectivity index (χ0v) is 46.7. The molecule has 2 aliphatic rings. The highest BCUT2D eigenvalue weighted by molar-refractivity contribution is 7.00. The summed E-state index contributed by atoms with van der Waals surface area (Å²) < 4.78 is 0. The quantitative estimate of drug-likeness (QED) is 0.113. The lowest BCUT2D eigenvalue weighted by Gasteiger charge is -2.46. The lowest BCUT2D eigenvalue weighted by atomic mass is 9.33. The number of benzene rings is 13. The van der Waals surface area contributed by atoms with Crippen molar-refractivity contribution in [2.75, 3.05) is 19.6 Å². The molecule has 0 radical (unpaired) electrons. The normalized spacial score (nSPS) is 12.0. The topological polar surface area (TPSA) is 13.0 Å². The van der Waals surface area contributed by atoms with E-state index < -0.39 is 0 Å². The van der Waals surface area contributed by atoms with Crippen LogP contribution >= 0.6 is 11.6 Å². The maximum atomic E-state index is 7.43. The maximum Gasteiger partial charge on any atom is 0.252 e. The van der Waals surface area contributed by atoms with Crippen LogP contribution in [0.4, 0.5) is 68.2 Å². The van der Waals surface area contributed by atoms with E-state index in [2.05, 4.69) is 347 Å². The molecule has 15 rings (SSSR count). The maximum absolute atomic E-state index is 7.43. The van der Waals surface area contributed by atoms with Gasteiger partial charge in [0.05, 0.1) is 17.1 Å². The molecule has 0 amide bonds. The Morgan fingerprint density at radius 2 is 0.548 bits per heavy atom. The lowest BCUT2D eigenvalue weighted by Crippen LogP contribution is -2.61. The van der Waals surface area contributed by atoms with Crippen LogP contribution in [-0.4, -0.2) is 6.71 Å². The molecule has 0 unspecified atom stereocenters. The standard InChI is InChI=1S/C78H54BClN4/c80-59-47-49-70-72(51-59)83(77-66(55-27-9-1-10-28-55)43-25-44-67(77)56-29-11-2-12-30-56)74-53-65(82(62-39-21-7-22-40-62)63-41-23-8-24-42-63)54-75-76(74)79(70)71-50-48-64(81(60-35-17-5-18-36-60)61-37-19-6-20-38-61)52-73(71)84(75)78-68(57-31-13-3-14-32-57)45-26-46-69(78)58-33-15-4-16-34-58/h1-54H. The van der Waals surface area contributed by atoms with Crippen molar-refractivity contribution in [3.05, 3.63) is 333 Å². The first-order valence-corrected chi connectivity index (χ1v) is 29.0. The first-order valence-electron chi connectivity index (χ1n) is 28.6. The lowest BCUT2D eigenvalue weighted by molar-refractivity contribution is 1.22. The molecule has 0 fully saturated rings. The molecule has 0 aliphatic carbocycles. The average molecular weight is 1090 g/mol. The van der Waals surface area contributed by atoms with Crippen LogP contribution < -0.4 is 36.0 Å². The second-order valence-electron chi connectivity index (χ2n) is 21.3. The molecular formula is C78H54BClN4. The van der Waals surface area contributed by atoms with E-state index in [1.807, 2.05) is 0 Å². The number of hydrogen-bond donors (Lipinski definition) is 0. The van der Waals surface area contributed by atoms with Crippen molar-refractivity contribution in [3.8, 4) is 44.5 Å². The monoisotopic (exact) mass is 1090 g/mol. The van der Waals surface area contributed by atoms with Crippen molar-refractivity contribution in [2.24, 2.45) is 0 Å². The summed E-state index contributed by atoms with van der Waals surface area (Å²) in [6, 6.07) is 119. The second kappa shape index (κ2) is 21.7. The zero-order chi connectivity index (χ0) is 55.9. The van der Waals surface area contributed by atoms with Gasteiger partial charge in [0, 0.05) is 78.5 Å². The number of para-hydroxylation sites is 6. The minimum Gasteiger partial charge on any atom is -0.310 e. The van der Waals surface area contributed by atoms with Gasteiger partial charge in [0.2, 0.25) is 0 Å². The molecule has 0 aromatic heterocycles. The van der Waals surface area contributed by atoms with Gasteiger partial charge in [-0.3, -0.25) is 0 Å². The van der Waals surface area contributed by atoms with Crippen molar-refractivity contribution >= 4 is 103 Å². The summed E-state index contributed by atoms with van der Waals surface area (Å²) in [5, 5.41) is 0.658. The molecule has 6 heteroatoms. The largest absolute Gasteiger partial charge is 0.310 e. The molecule has 13 aromatic carbocycles. The van der Waals surface area contributed by atoms with E-state index >= 15 is 0 Å². The van der Waals surface area contributed by atoms with Gasteiger partial charge in [-0.25, -0.2) is 0 Å². The van der Waals surface area contributed by atoms with Crippen LogP contribution in [0.15, 0.2) is 328 Å². The van der Waals surface area contributed by atoms with E-state index in [1.165, 1.54) is 10.9 Å². The van der Waals surface area contributed by atoms with Crippen LogP contribution in [0.1, 0.15) is 0 Å². The molecule has 0 bridgehead atoms. The van der Waals surface area contributed by atoms with Crippen molar-refractivity contribution in [2.45, 2.75) is 0 Å². The third-order valence-corrected chi connectivity index (χ3v) is 16.7. The van der Waals surface area contributed by atoms with Crippen LogP contribution in [-0.2, 0) is 0 Å². The third kappa shape index (κ3) is 8.90. The molecule has 2 aliphatic heterocycles. The van der Waals surface area contributed by atoms with Gasteiger partial charge in [0.15, 0.2) is 0 Å². The van der Waals surface area contributed by atoms with E-state index in [-0.39, 0.29) is 6.71 Å². The molecule has 0 spiro atoms. The highest BCUT2D eigenvalue weighted by atomic mass is 35.5. The summed E-state index contributed by atoms with van der Waals surface area (Å²) in [5.74, 6) is 0. The summed E-state index contributed by atoms with van der Waals surface area (Å²) in [6.07, 6.45) is 0. The number of hydrogen-bond acceptors (Lipinski definition) is 4. The van der Waals surface area contributed by atoms with Gasteiger partial charge >= 0.3 is 0 Å². The Balaban J connectivity index is 1.13. The molecule has 84 heavy (non-hydrogen) atoms. The van der Waals surface area contributed by atoms with Gasteiger partial charge in [-0.05, 0) is 124 Å². The Hall–Kier alpha value is -10.6. The summed E-state index contributed by atoms with van der Waals surface area (Å²) in [4.78, 5) is 9.96. The van der Waals surface area contributed by atoms with Crippen LogP contribution in [0.25, 0.3) is 44.5 Å². The Kier molecular flexibility index (Phi) is 13.0. The fraction of sp³-hybridized carbons (Fsp3) is 0. The number of anilines is 12. The Morgan fingerprint density at radius 1 is 0.250 bits per heavy atom. The number of fused-ring (bicyclic) bond motifs is 4. The second-order valence-corrected chi connectivity index (χ2v) is 21.8. The average Bonchev–Trinajstić information content (AvgIpc) is 1.04. The highest BCUT2D eigenvalue weighted by Gasteiger charge is 2.46. The van der Waals surface area contributed by atoms with Gasteiger partial charge in [-0.1, -0.05) is 254 Å². The third-order valence-electron chi connectivity index (χ3n) is 16.4. The molecule has 0 N–H and O–H groups in total. The van der Waals surface area contributed by atoms with E-state index in [1.54, 1.807) is 0 Å². The summed E-state index contributed by atoms with van der Waals surface area (Å²) in [7, 11) is 0. The Labute approximate surface area is 496 Å². The van der Waals surface area contributed by atoms with Crippen molar-refractivity contribution in [1.82, 2.24) is 0 Å². The Morgan fingerprint density at radius 3 is 0.905 bits per heavy atom. The fourth-order valence-electron chi connectivity index (χ4n) is 12.9. The SMILES string of the molecule is Clc1ccc2c(c1)N(c1c(-c3ccccc3)cccc1-c1ccccc1)c1cc(N(c3ccccc3)c3ccccc3)cc3c1B2c1ccc(N(c2ccccc2)c2ccccc2)cc1N3c1c(-c2ccccc2)cccc1-c1ccccc1. The van der Waals surface area contributed by atoms with Crippen molar-refractivity contribution < 1.29 is 0 Å². The molecule has 2 heterocycles. The van der Waals surface area contributed by atoms with Gasteiger partial charge in [0.1, 0.15) is 0 Å². The van der Waals surface area contributed by atoms with E-state index in [9.17, 15) is 0 Å². The van der Waals surface area contributed by atoms with E-state index in [0.717, 1.165) is 118 Å². The smallest absolute Gasteiger partial charge is 0.252 e. The van der Waals surface area contributed by atoms with Crippen molar-refractivity contribution in [1.29, 1.82) is 0 Å². The van der Waals surface area contributed by atoms with Crippen LogP contribution in [0.2, 0.25) is 5.02 Å². The molecule has 396 valence electrons. The van der Waals surface area contributed by atoms with E-state index in [4.69, 9.17) is 11.6 Å². The zero-order valence-electron chi connectivity index (χ0n) is 45.9. The summed E-state index contributed by atoms with van der Waals surface area (Å²) in [6.45, 7) is -0.246. The molecular weight excluding hydrogens is 1040 g/mol. The van der Waals surface area contributed by atoms with E-state index in [0.29, 0.717) is 5.02 Å². The minimum atomic E-state index is -0.246. The number of halogens is 1. The molecule has 0 atom stereocenters. The predicted molar refractivity (Wildman–Crippen MR) is 357 cm³/mol. The molecule has 13 aromatic rings. The van der Waals surface area contributed by atoms with Crippen LogP contribution in [0.3, 0.4) is 0 Å². The first kappa shape index (κ1) is 50.4. The van der Waals surface area contributed by atoms with Gasteiger partial charge in [0.25, 0.3) is 6.71 Å². The Bertz CT molecular complexity index is 4300. The summed E-state index contributed by atoms with van der Waals surface area (Å²) >= 11 is 7.43. The fourth-order valence-corrected chi connectivity index (χ4v) is 13.0. The first-order chi connectivity index (χ1) is 41.6. The van der Waals surface area contributed by atoms with Crippen molar-refractivity contribution in [3.63, 3.8) is 0 Å². The minimum absolute atomic E-state index is 0.246. The molecule has 0 saturated heterocycles. The molecule has 4 nitrogen and oxygen atoms in total. The predicted octanol–water partition coefficient (Wildman–Crippen LogP) is 20.0.